The summed E-state index contributed by atoms with van der Waals surface area (Å²) in [5.74, 6) is -0.198. The van der Waals surface area contributed by atoms with Crippen LogP contribution in [-0.4, -0.2) is 21.3 Å². The second-order valence-corrected chi connectivity index (χ2v) is 9.97. The number of carboxylic acid groups (broad SMARTS) is 1. The highest BCUT2D eigenvalue weighted by Gasteiger charge is 2.61. The van der Waals surface area contributed by atoms with Crippen LogP contribution >= 0.6 is 0 Å². The molecule has 186 valence electrons. The molecule has 2 atom stereocenters. The summed E-state index contributed by atoms with van der Waals surface area (Å²) in [5, 5.41) is 13.6. The molecule has 1 aliphatic heterocycles. The number of aliphatic carboxylic acids is 1. The first-order valence-corrected chi connectivity index (χ1v) is 12.7. The van der Waals surface area contributed by atoms with E-state index in [1.165, 1.54) is 0 Å². The molecule has 4 aromatic rings. The number of hydrogen-bond acceptors (Lipinski definition) is 3. The number of hydrogen-bond donors (Lipinski definition) is 0. The van der Waals surface area contributed by atoms with Gasteiger partial charge in [0.05, 0.1) is 5.97 Å². The van der Waals surface area contributed by atoms with E-state index in [0.717, 1.165) is 39.2 Å². The van der Waals surface area contributed by atoms with Crippen LogP contribution < -0.4 is 5.11 Å². The van der Waals surface area contributed by atoms with Crippen molar-refractivity contribution in [2.45, 2.75) is 45.4 Å². The Hall–Kier alpha value is -4.18. The summed E-state index contributed by atoms with van der Waals surface area (Å²) in [4.78, 5) is 15.6. The number of amidine groups is 1. The van der Waals surface area contributed by atoms with Crippen LogP contribution in [0.25, 0.3) is 0 Å². The van der Waals surface area contributed by atoms with Crippen molar-refractivity contribution < 1.29 is 14.5 Å². The van der Waals surface area contributed by atoms with E-state index in [1.54, 1.807) is 0 Å². The van der Waals surface area contributed by atoms with E-state index in [4.69, 9.17) is 0 Å². The molecule has 5 rings (SSSR count). The average Bonchev–Trinajstić information content (AvgIpc) is 3.14. The van der Waals surface area contributed by atoms with E-state index in [9.17, 15) is 9.90 Å². The molecular formula is C33H32N2O2. The van der Waals surface area contributed by atoms with Crippen molar-refractivity contribution in [1.82, 2.24) is 4.90 Å². The van der Waals surface area contributed by atoms with Crippen molar-refractivity contribution in [1.29, 1.82) is 0 Å². The number of benzene rings is 4. The van der Waals surface area contributed by atoms with Gasteiger partial charge >= 0.3 is 0 Å². The van der Waals surface area contributed by atoms with Crippen LogP contribution in [0, 0.1) is 13.8 Å². The van der Waals surface area contributed by atoms with E-state index in [2.05, 4.69) is 41.0 Å². The molecule has 0 N–H and O–H groups in total. The highest BCUT2D eigenvalue weighted by Crippen LogP contribution is 2.48. The maximum Gasteiger partial charge on any atom is 0.246 e. The Labute approximate surface area is 219 Å². The molecule has 0 spiro atoms. The van der Waals surface area contributed by atoms with Crippen molar-refractivity contribution >= 4 is 11.8 Å². The summed E-state index contributed by atoms with van der Waals surface area (Å²) < 4.78 is 2.23. The number of carboxylic acids is 1. The van der Waals surface area contributed by atoms with Gasteiger partial charge in [-0.15, -0.1) is 0 Å². The Balaban J connectivity index is 1.78. The van der Waals surface area contributed by atoms with E-state index >= 15 is 0 Å². The van der Waals surface area contributed by atoms with Crippen molar-refractivity contribution in [3.63, 3.8) is 0 Å². The smallest absolute Gasteiger partial charge is 0.246 e. The topological polar surface area (TPSA) is 46.4 Å². The van der Waals surface area contributed by atoms with Crippen LogP contribution in [0.4, 0.5) is 0 Å². The van der Waals surface area contributed by atoms with Gasteiger partial charge in [-0.1, -0.05) is 120 Å². The van der Waals surface area contributed by atoms with Gasteiger partial charge in [-0.2, -0.15) is 0 Å². The fourth-order valence-electron chi connectivity index (χ4n) is 5.59. The summed E-state index contributed by atoms with van der Waals surface area (Å²) in [7, 11) is 0. The third kappa shape index (κ3) is 4.44. The third-order valence-corrected chi connectivity index (χ3v) is 7.51. The standard InChI is InChI=1S/C33H32N2O2/c1-24-14-18-29(19-15-24)31-33(32(36)37,30-20-16-25(2)17-21-30)35(23-28-12-8-5-9-13-28)26(3)34(31)22-27-10-6-4-7-11-27/h4-21,31H,22-23H2,1-3H3. The average molecular weight is 489 g/mol. The largest absolute Gasteiger partial charge is 0.545 e. The van der Waals surface area contributed by atoms with Gasteiger partial charge in [-0.3, -0.25) is 0 Å². The monoisotopic (exact) mass is 488 g/mol. The molecular weight excluding hydrogens is 456 g/mol. The number of carbonyl (C=O) groups is 1. The van der Waals surface area contributed by atoms with Gasteiger partial charge in [0.2, 0.25) is 11.4 Å². The van der Waals surface area contributed by atoms with Gasteiger partial charge in [-0.05, 0) is 25.0 Å². The fraction of sp³-hybridized carbons (Fsp3) is 0.212. The normalized spacial score (nSPS) is 19.3. The molecule has 0 radical (unpaired) electrons. The second kappa shape index (κ2) is 10.1. The Morgan fingerprint density at radius 3 is 1.81 bits per heavy atom. The lowest BCUT2D eigenvalue weighted by Gasteiger charge is -2.39. The molecule has 37 heavy (non-hydrogen) atoms. The molecule has 0 aliphatic carbocycles. The van der Waals surface area contributed by atoms with E-state index < -0.39 is 17.6 Å². The predicted molar refractivity (Wildman–Crippen MR) is 145 cm³/mol. The minimum absolute atomic E-state index is 0.447. The van der Waals surface area contributed by atoms with Crippen LogP contribution in [0.2, 0.25) is 0 Å². The molecule has 0 saturated carbocycles. The molecule has 4 aromatic carbocycles. The van der Waals surface area contributed by atoms with Gasteiger partial charge in [0, 0.05) is 18.1 Å². The Bertz CT molecular complexity index is 1410. The van der Waals surface area contributed by atoms with Crippen molar-refractivity contribution in [3.05, 3.63) is 143 Å². The molecule has 0 aromatic heterocycles. The molecule has 1 heterocycles. The number of rotatable bonds is 7. The Morgan fingerprint density at radius 1 is 0.757 bits per heavy atom. The molecule has 0 fully saturated rings. The third-order valence-electron chi connectivity index (χ3n) is 7.51. The van der Waals surface area contributed by atoms with Gasteiger partial charge < -0.3 is 9.90 Å². The molecule has 0 amide bonds. The predicted octanol–water partition coefficient (Wildman–Crippen LogP) is 5.14. The van der Waals surface area contributed by atoms with Crippen molar-refractivity contribution in [3.8, 4) is 0 Å². The maximum absolute atomic E-state index is 13.6. The van der Waals surface area contributed by atoms with Crippen LogP contribution in [-0.2, 0) is 23.4 Å². The first kappa shape index (κ1) is 24.5. The van der Waals surface area contributed by atoms with Crippen molar-refractivity contribution in [2.75, 3.05) is 0 Å². The van der Waals surface area contributed by atoms with Crippen LogP contribution in [0.1, 0.15) is 46.3 Å². The summed E-state index contributed by atoms with van der Waals surface area (Å²) in [5.41, 5.74) is 4.61. The minimum Gasteiger partial charge on any atom is -0.545 e. The number of aryl methyl sites for hydroxylation is 2. The molecule has 1 aliphatic rings. The Kier molecular flexibility index (Phi) is 6.66. The highest BCUT2D eigenvalue weighted by molar-refractivity contribution is 5.90. The second-order valence-electron chi connectivity index (χ2n) is 9.97. The van der Waals surface area contributed by atoms with E-state index in [-0.39, 0.29) is 0 Å². The zero-order valence-electron chi connectivity index (χ0n) is 21.6. The molecule has 0 bridgehead atoms. The van der Waals surface area contributed by atoms with Crippen LogP contribution in [0.5, 0.6) is 0 Å². The lowest BCUT2D eigenvalue weighted by atomic mass is 9.78. The van der Waals surface area contributed by atoms with Crippen LogP contribution in [0.3, 0.4) is 0 Å². The summed E-state index contributed by atoms with van der Waals surface area (Å²) in [6, 6.07) is 35.9. The Morgan fingerprint density at radius 2 is 1.27 bits per heavy atom. The van der Waals surface area contributed by atoms with Gasteiger partial charge in [0.15, 0.2) is 6.04 Å². The molecule has 4 nitrogen and oxygen atoms in total. The van der Waals surface area contributed by atoms with Gasteiger partial charge in [0.25, 0.3) is 0 Å². The maximum atomic E-state index is 13.6. The summed E-state index contributed by atoms with van der Waals surface area (Å²) in [6.07, 6.45) is 0. The van der Waals surface area contributed by atoms with Crippen molar-refractivity contribution in [2.24, 2.45) is 0 Å². The minimum atomic E-state index is -1.43. The highest BCUT2D eigenvalue weighted by atomic mass is 16.4. The zero-order valence-corrected chi connectivity index (χ0v) is 21.6. The van der Waals surface area contributed by atoms with Gasteiger partial charge in [0.1, 0.15) is 13.1 Å². The molecule has 0 saturated heterocycles. The lowest BCUT2D eigenvalue weighted by Crippen LogP contribution is -2.58. The number of carbonyl (C=O) groups excluding carboxylic acids is 1. The van der Waals surface area contributed by atoms with E-state index in [0.29, 0.717) is 13.1 Å². The first-order chi connectivity index (χ1) is 17.9. The quantitative estimate of drug-likeness (QED) is 0.339. The summed E-state index contributed by atoms with van der Waals surface area (Å²) >= 11 is 0. The zero-order chi connectivity index (χ0) is 26.0. The van der Waals surface area contributed by atoms with Gasteiger partial charge in [-0.25, -0.2) is 9.48 Å². The molecule has 2 unspecified atom stereocenters. The van der Waals surface area contributed by atoms with E-state index in [1.807, 2.05) is 98.5 Å². The number of nitrogens with zero attached hydrogens (tertiary/aromatic N) is 2. The van der Waals surface area contributed by atoms with Crippen LogP contribution in [0.15, 0.2) is 109 Å². The molecule has 4 heteroatoms. The first-order valence-electron chi connectivity index (χ1n) is 12.7. The summed E-state index contributed by atoms with van der Waals surface area (Å²) in [6.45, 7) is 7.12. The fourth-order valence-corrected chi connectivity index (χ4v) is 5.59. The SMILES string of the molecule is CC1=[N+](Cc2ccccc2)C(c2ccc(C)cc2)C(C(=O)[O-])(c2ccc(C)cc2)N1Cc1ccccc1. The lowest BCUT2D eigenvalue weighted by molar-refractivity contribution is -0.588.